The predicted molar refractivity (Wildman–Crippen MR) is 80.6 cm³/mol. The Hall–Kier alpha value is -1.87. The van der Waals surface area contributed by atoms with Crippen LogP contribution in [0.3, 0.4) is 0 Å². The second kappa shape index (κ2) is 5.64. The van der Waals surface area contributed by atoms with Crippen LogP contribution in [-0.4, -0.2) is 61.8 Å². The van der Waals surface area contributed by atoms with Crippen molar-refractivity contribution in [3.8, 4) is 0 Å². The van der Waals surface area contributed by atoms with E-state index in [0.29, 0.717) is 6.42 Å². The topological polar surface area (TPSA) is 108 Å². The van der Waals surface area contributed by atoms with Crippen molar-refractivity contribution in [3.63, 3.8) is 0 Å². The van der Waals surface area contributed by atoms with Crippen LogP contribution >= 0.6 is 0 Å². The number of carboxylic acid groups (broad SMARTS) is 1. The minimum absolute atomic E-state index is 0.0638. The number of sulfonamides is 1. The Morgan fingerprint density at radius 3 is 2.48 bits per heavy atom. The molecule has 1 fully saturated rings. The Balaban J connectivity index is 2.28. The highest BCUT2D eigenvalue weighted by atomic mass is 32.2. The van der Waals surface area contributed by atoms with Crippen molar-refractivity contribution in [3.05, 3.63) is 17.6 Å². The quantitative estimate of drug-likeness (QED) is 0.864. The third-order valence-corrected chi connectivity index (χ3v) is 6.04. The molecule has 1 unspecified atom stereocenters. The van der Waals surface area contributed by atoms with Crippen molar-refractivity contribution >= 4 is 21.9 Å². The fourth-order valence-electron chi connectivity index (χ4n) is 2.49. The first-order chi connectivity index (χ1) is 10.5. The van der Waals surface area contributed by atoms with Gasteiger partial charge in [0.25, 0.3) is 5.91 Å². The van der Waals surface area contributed by atoms with Crippen molar-refractivity contribution in [1.82, 2.24) is 9.21 Å². The van der Waals surface area contributed by atoms with Gasteiger partial charge in [-0.25, -0.2) is 12.7 Å². The number of carbonyl (C=O) groups is 2. The van der Waals surface area contributed by atoms with Crippen molar-refractivity contribution < 1.29 is 27.5 Å². The molecule has 128 valence electrons. The molecule has 1 aliphatic rings. The number of amides is 1. The van der Waals surface area contributed by atoms with Gasteiger partial charge in [-0.05, 0) is 20.3 Å². The maximum Gasteiger partial charge on any atom is 0.311 e. The zero-order valence-electron chi connectivity index (χ0n) is 13.5. The lowest BCUT2D eigenvalue weighted by atomic mass is 9.90. The van der Waals surface area contributed by atoms with E-state index in [9.17, 15) is 23.1 Å². The number of aryl methyl sites for hydroxylation is 1. The molecule has 1 aromatic rings. The number of nitrogens with zero attached hydrogens (tertiary/aromatic N) is 2. The summed E-state index contributed by atoms with van der Waals surface area (Å²) >= 11 is 0. The summed E-state index contributed by atoms with van der Waals surface area (Å²) < 4.78 is 30.7. The number of furan rings is 1. The number of likely N-dealkylation sites (tertiary alicyclic amines) is 1. The third kappa shape index (κ3) is 2.98. The summed E-state index contributed by atoms with van der Waals surface area (Å²) in [5.41, 5.74) is -0.990. The number of carbonyl (C=O) groups excluding carboxylic acids is 1. The third-order valence-electron chi connectivity index (χ3n) is 4.12. The molecule has 9 heteroatoms. The lowest BCUT2D eigenvalue weighted by Gasteiger charge is -2.19. The van der Waals surface area contributed by atoms with E-state index < -0.39 is 27.3 Å². The average Bonchev–Trinajstić information content (AvgIpc) is 3.03. The van der Waals surface area contributed by atoms with Crippen LogP contribution in [0.4, 0.5) is 0 Å². The lowest BCUT2D eigenvalue weighted by Crippen LogP contribution is -2.34. The Bertz CT molecular complexity index is 751. The SMILES string of the molecule is Cc1oc(C(=O)N2CCC(C)(C(=O)O)C2)cc1S(=O)(=O)N(C)C. The highest BCUT2D eigenvalue weighted by molar-refractivity contribution is 7.89. The molecule has 0 aromatic carbocycles. The largest absolute Gasteiger partial charge is 0.481 e. The summed E-state index contributed by atoms with van der Waals surface area (Å²) in [6.07, 6.45) is 0.344. The van der Waals surface area contributed by atoms with E-state index in [1.807, 2.05) is 0 Å². The standard InChI is InChI=1S/C14H20N2O6S/c1-9-11(23(20,21)15(3)4)7-10(22-9)12(17)16-6-5-14(2,8-16)13(18)19/h7H,5-6,8H2,1-4H3,(H,18,19). The van der Waals surface area contributed by atoms with Crippen LogP contribution in [0.2, 0.25) is 0 Å². The zero-order chi connectivity index (χ0) is 17.6. The summed E-state index contributed by atoms with van der Waals surface area (Å²) in [6, 6.07) is 1.20. The smallest absolute Gasteiger partial charge is 0.311 e. The first-order valence-electron chi connectivity index (χ1n) is 7.05. The van der Waals surface area contributed by atoms with Crippen LogP contribution in [0.25, 0.3) is 0 Å². The van der Waals surface area contributed by atoms with Crippen LogP contribution in [0.15, 0.2) is 15.4 Å². The van der Waals surface area contributed by atoms with Crippen LogP contribution in [0, 0.1) is 12.3 Å². The molecule has 1 saturated heterocycles. The van der Waals surface area contributed by atoms with Crippen LogP contribution in [0.1, 0.15) is 29.7 Å². The summed E-state index contributed by atoms with van der Waals surface area (Å²) in [7, 11) is -0.924. The molecule has 0 bridgehead atoms. The zero-order valence-corrected chi connectivity index (χ0v) is 14.3. The fourth-order valence-corrected chi connectivity index (χ4v) is 3.54. The number of aliphatic carboxylic acids is 1. The first kappa shape index (κ1) is 17.5. The van der Waals surface area contributed by atoms with Crippen LogP contribution in [-0.2, 0) is 14.8 Å². The van der Waals surface area contributed by atoms with Gasteiger partial charge in [0.15, 0.2) is 5.76 Å². The average molecular weight is 344 g/mol. The van der Waals surface area contributed by atoms with E-state index in [2.05, 4.69) is 0 Å². The number of carboxylic acids is 1. The minimum Gasteiger partial charge on any atom is -0.481 e. The summed E-state index contributed by atoms with van der Waals surface area (Å²) in [4.78, 5) is 25.0. The van der Waals surface area contributed by atoms with E-state index in [0.717, 1.165) is 4.31 Å². The molecule has 23 heavy (non-hydrogen) atoms. The summed E-state index contributed by atoms with van der Waals surface area (Å²) in [6.45, 7) is 3.41. The van der Waals surface area contributed by atoms with Crippen molar-refractivity contribution in [2.24, 2.45) is 5.41 Å². The van der Waals surface area contributed by atoms with E-state index in [-0.39, 0.29) is 29.5 Å². The normalized spacial score (nSPS) is 21.9. The Morgan fingerprint density at radius 2 is 2.00 bits per heavy atom. The molecule has 1 atom stereocenters. The molecular weight excluding hydrogens is 324 g/mol. The molecule has 0 radical (unpaired) electrons. The maximum absolute atomic E-state index is 12.5. The van der Waals surface area contributed by atoms with Gasteiger partial charge in [-0.3, -0.25) is 9.59 Å². The van der Waals surface area contributed by atoms with Gasteiger partial charge >= 0.3 is 5.97 Å². The highest BCUT2D eigenvalue weighted by Gasteiger charge is 2.43. The predicted octanol–water partition coefficient (Wildman–Crippen LogP) is 0.775. The van der Waals surface area contributed by atoms with Gasteiger partial charge in [0.05, 0.1) is 5.41 Å². The maximum atomic E-state index is 12.5. The Labute approximate surface area is 134 Å². The molecule has 1 aliphatic heterocycles. The molecule has 0 aliphatic carbocycles. The molecule has 0 spiro atoms. The van der Waals surface area contributed by atoms with Gasteiger partial charge in [-0.15, -0.1) is 0 Å². The molecular formula is C14H20N2O6S. The van der Waals surface area contributed by atoms with Gasteiger partial charge in [0, 0.05) is 33.3 Å². The lowest BCUT2D eigenvalue weighted by molar-refractivity contribution is -0.147. The molecule has 0 saturated carbocycles. The molecule has 2 rings (SSSR count). The molecule has 1 N–H and O–H groups in total. The number of hydrogen-bond acceptors (Lipinski definition) is 5. The summed E-state index contributed by atoms with van der Waals surface area (Å²) in [5.74, 6) is -1.43. The summed E-state index contributed by atoms with van der Waals surface area (Å²) in [5, 5.41) is 9.21. The molecule has 2 heterocycles. The molecule has 1 amide bonds. The van der Waals surface area contributed by atoms with Gasteiger partial charge in [-0.2, -0.15) is 0 Å². The van der Waals surface area contributed by atoms with Gasteiger partial charge in [0.2, 0.25) is 10.0 Å². The van der Waals surface area contributed by atoms with E-state index in [4.69, 9.17) is 4.42 Å². The Morgan fingerprint density at radius 1 is 1.39 bits per heavy atom. The number of rotatable bonds is 4. The van der Waals surface area contributed by atoms with E-state index >= 15 is 0 Å². The van der Waals surface area contributed by atoms with Crippen molar-refractivity contribution in [2.45, 2.75) is 25.2 Å². The van der Waals surface area contributed by atoms with Crippen LogP contribution < -0.4 is 0 Å². The van der Waals surface area contributed by atoms with Crippen molar-refractivity contribution in [1.29, 1.82) is 0 Å². The minimum atomic E-state index is -3.71. The van der Waals surface area contributed by atoms with E-state index in [1.54, 1.807) is 6.92 Å². The highest BCUT2D eigenvalue weighted by Crippen LogP contribution is 2.32. The Kier molecular flexibility index (Phi) is 4.29. The second-order valence-electron chi connectivity index (χ2n) is 6.16. The van der Waals surface area contributed by atoms with Crippen LogP contribution in [0.5, 0.6) is 0 Å². The molecule has 1 aromatic heterocycles. The second-order valence-corrected chi connectivity index (χ2v) is 8.28. The van der Waals surface area contributed by atoms with Gasteiger partial charge < -0.3 is 14.4 Å². The van der Waals surface area contributed by atoms with Gasteiger partial charge in [-0.1, -0.05) is 0 Å². The fraction of sp³-hybridized carbons (Fsp3) is 0.571. The van der Waals surface area contributed by atoms with Gasteiger partial charge in [0.1, 0.15) is 10.7 Å². The monoisotopic (exact) mass is 344 g/mol. The number of hydrogen-bond donors (Lipinski definition) is 1. The van der Waals surface area contributed by atoms with Crippen molar-refractivity contribution in [2.75, 3.05) is 27.2 Å². The molecule has 8 nitrogen and oxygen atoms in total. The first-order valence-corrected chi connectivity index (χ1v) is 8.49. The van der Waals surface area contributed by atoms with E-state index in [1.165, 1.54) is 32.0 Å².